The van der Waals surface area contributed by atoms with Gasteiger partial charge >= 0.3 is 0 Å². The second-order valence-corrected chi connectivity index (χ2v) is 8.47. The molecule has 2 saturated carbocycles. The highest BCUT2D eigenvalue weighted by Gasteiger charge is 2.61. The van der Waals surface area contributed by atoms with Gasteiger partial charge in [-0.3, -0.25) is 0 Å². The molecule has 1 nitrogen and oxygen atoms in total. The topological polar surface area (TPSA) is 9.23 Å². The van der Waals surface area contributed by atoms with Gasteiger partial charge in [-0.2, -0.15) is 0 Å². The summed E-state index contributed by atoms with van der Waals surface area (Å²) in [5.41, 5.74) is 1.25. The largest absolute Gasteiger partial charge is 0.372 e. The van der Waals surface area contributed by atoms with Crippen LogP contribution in [0.4, 0.5) is 0 Å². The summed E-state index contributed by atoms with van der Waals surface area (Å²) in [7, 11) is 0. The van der Waals surface area contributed by atoms with Crippen molar-refractivity contribution in [3.05, 3.63) is 0 Å². The minimum Gasteiger partial charge on any atom is -0.372 e. The first-order chi connectivity index (χ1) is 8.28. The van der Waals surface area contributed by atoms with E-state index in [-0.39, 0.29) is 5.60 Å². The number of hydrogen-bond donors (Lipinski definition) is 0. The fourth-order valence-corrected chi connectivity index (χ4v) is 6.11. The van der Waals surface area contributed by atoms with Crippen molar-refractivity contribution in [1.82, 2.24) is 0 Å². The molecule has 1 aliphatic heterocycles. The Balaban J connectivity index is 1.98. The van der Waals surface area contributed by atoms with Gasteiger partial charge in [-0.25, -0.2) is 0 Å². The van der Waals surface area contributed by atoms with E-state index >= 15 is 0 Å². The van der Waals surface area contributed by atoms with Gasteiger partial charge in [0.15, 0.2) is 0 Å². The van der Waals surface area contributed by atoms with Crippen LogP contribution in [0.3, 0.4) is 0 Å². The number of hydrogen-bond acceptors (Lipinski definition) is 1. The Morgan fingerprint density at radius 2 is 1.67 bits per heavy atom. The molecule has 0 spiro atoms. The maximum Gasteiger partial charge on any atom is 0.0692 e. The summed E-state index contributed by atoms with van der Waals surface area (Å²) in [6.45, 7) is 12.3. The van der Waals surface area contributed by atoms with Gasteiger partial charge < -0.3 is 4.74 Å². The minimum atomic E-state index is 0.179. The van der Waals surface area contributed by atoms with Crippen molar-refractivity contribution in [2.24, 2.45) is 22.7 Å². The van der Waals surface area contributed by atoms with Gasteiger partial charge in [0.1, 0.15) is 0 Å². The first kappa shape index (κ1) is 13.0. The molecule has 0 aromatic rings. The van der Waals surface area contributed by atoms with Gasteiger partial charge in [0, 0.05) is 0 Å². The van der Waals surface area contributed by atoms with E-state index in [1.807, 2.05) is 0 Å². The number of rotatable bonds is 0. The lowest BCUT2D eigenvalue weighted by molar-refractivity contribution is -0.153. The van der Waals surface area contributed by atoms with E-state index in [0.29, 0.717) is 16.9 Å². The predicted octanol–water partition coefficient (Wildman–Crippen LogP) is 4.80. The molecule has 0 radical (unpaired) electrons. The third kappa shape index (κ3) is 1.62. The third-order valence-corrected chi connectivity index (χ3v) is 6.78. The second kappa shape index (κ2) is 3.75. The van der Waals surface area contributed by atoms with E-state index in [1.165, 1.54) is 38.5 Å². The van der Waals surface area contributed by atoms with Crippen LogP contribution in [0.2, 0.25) is 0 Å². The molecular weight excluding hydrogens is 220 g/mol. The maximum atomic E-state index is 6.34. The van der Waals surface area contributed by atoms with Crippen molar-refractivity contribution < 1.29 is 4.74 Å². The van der Waals surface area contributed by atoms with Crippen LogP contribution in [0.1, 0.15) is 73.1 Å². The Hall–Kier alpha value is -0.0400. The zero-order valence-corrected chi connectivity index (χ0v) is 12.9. The fourth-order valence-electron chi connectivity index (χ4n) is 6.11. The van der Waals surface area contributed by atoms with Crippen LogP contribution >= 0.6 is 0 Å². The van der Waals surface area contributed by atoms with Gasteiger partial charge in [0.05, 0.1) is 11.7 Å². The molecule has 3 rings (SSSR count). The molecule has 2 aliphatic carbocycles. The number of fused-ring (bicyclic) bond motifs is 3. The highest BCUT2D eigenvalue weighted by Crippen LogP contribution is 2.65. The Kier molecular flexibility index (Phi) is 2.70. The first-order valence-electron chi connectivity index (χ1n) is 7.96. The van der Waals surface area contributed by atoms with Crippen molar-refractivity contribution in [2.75, 3.05) is 0 Å². The molecule has 5 atom stereocenters. The Bertz CT molecular complexity index is 348. The molecular formula is C17H30O. The van der Waals surface area contributed by atoms with Crippen LogP contribution < -0.4 is 0 Å². The smallest absolute Gasteiger partial charge is 0.0692 e. The summed E-state index contributed by atoms with van der Waals surface area (Å²) in [5.74, 6) is 1.70. The Labute approximate surface area is 113 Å². The molecule has 0 bridgehead atoms. The highest BCUT2D eigenvalue weighted by molar-refractivity contribution is 5.10. The van der Waals surface area contributed by atoms with E-state index < -0.39 is 0 Å². The monoisotopic (exact) mass is 250 g/mol. The highest BCUT2D eigenvalue weighted by atomic mass is 16.5. The third-order valence-electron chi connectivity index (χ3n) is 6.78. The lowest BCUT2D eigenvalue weighted by Crippen LogP contribution is -2.55. The van der Waals surface area contributed by atoms with Gasteiger partial charge in [0.2, 0.25) is 0 Å². The van der Waals surface area contributed by atoms with Crippen LogP contribution in [0.25, 0.3) is 0 Å². The van der Waals surface area contributed by atoms with Crippen LogP contribution in [0, 0.1) is 22.7 Å². The van der Waals surface area contributed by atoms with Gasteiger partial charge in [-0.1, -0.05) is 27.2 Å². The quantitative estimate of drug-likeness (QED) is 0.600. The second-order valence-electron chi connectivity index (χ2n) is 8.47. The van der Waals surface area contributed by atoms with Crippen molar-refractivity contribution in [2.45, 2.75) is 84.8 Å². The molecule has 3 fully saturated rings. The molecule has 0 aromatic carbocycles. The van der Waals surface area contributed by atoms with E-state index in [1.54, 1.807) is 0 Å². The summed E-state index contributed by atoms with van der Waals surface area (Å²) in [4.78, 5) is 0. The summed E-state index contributed by atoms with van der Waals surface area (Å²) in [5, 5.41) is 0. The zero-order valence-electron chi connectivity index (χ0n) is 12.9. The van der Waals surface area contributed by atoms with E-state index in [0.717, 1.165) is 11.8 Å². The molecule has 0 amide bonds. The maximum absolute atomic E-state index is 6.34. The number of ether oxygens (including phenoxy) is 1. The van der Waals surface area contributed by atoms with E-state index in [2.05, 4.69) is 34.6 Å². The van der Waals surface area contributed by atoms with Gasteiger partial charge in [0.25, 0.3) is 0 Å². The molecule has 104 valence electrons. The summed E-state index contributed by atoms with van der Waals surface area (Å²) < 4.78 is 6.34. The Morgan fingerprint density at radius 3 is 2.39 bits per heavy atom. The van der Waals surface area contributed by atoms with Gasteiger partial charge in [-0.15, -0.1) is 0 Å². The standard InChI is InChI=1S/C17H30O/c1-12-11-14-16(4)9-6-8-15(2,3)13(16)7-10-17(14,5)18-12/h12-14H,6-11H2,1-5H3/t12-,13-,14?,16+,17-/m0/s1. The average Bonchev–Trinajstić information content (AvgIpc) is 2.53. The molecule has 18 heavy (non-hydrogen) atoms. The van der Waals surface area contributed by atoms with E-state index in [4.69, 9.17) is 4.74 Å². The van der Waals surface area contributed by atoms with Crippen molar-refractivity contribution in [1.29, 1.82) is 0 Å². The van der Waals surface area contributed by atoms with Crippen LogP contribution in [0.15, 0.2) is 0 Å². The van der Waals surface area contributed by atoms with Crippen LogP contribution in [-0.2, 0) is 4.74 Å². The molecule has 1 heteroatoms. The molecule has 0 aromatic heterocycles. The molecule has 0 N–H and O–H groups in total. The summed E-state index contributed by atoms with van der Waals surface area (Å²) >= 11 is 0. The normalized spacial score (nSPS) is 54.8. The minimum absolute atomic E-state index is 0.179. The van der Waals surface area contributed by atoms with Gasteiger partial charge in [-0.05, 0) is 68.6 Å². The lowest BCUT2D eigenvalue weighted by Gasteiger charge is -2.60. The molecule has 1 heterocycles. The van der Waals surface area contributed by atoms with Crippen LogP contribution in [-0.4, -0.2) is 11.7 Å². The summed E-state index contributed by atoms with van der Waals surface area (Å²) in [6.07, 6.45) is 8.70. The van der Waals surface area contributed by atoms with Crippen LogP contribution in [0.5, 0.6) is 0 Å². The Morgan fingerprint density at radius 1 is 0.944 bits per heavy atom. The fraction of sp³-hybridized carbons (Fsp3) is 1.00. The first-order valence-corrected chi connectivity index (χ1v) is 7.96. The summed E-state index contributed by atoms with van der Waals surface area (Å²) in [6, 6.07) is 0. The van der Waals surface area contributed by atoms with Crippen molar-refractivity contribution in [3.63, 3.8) is 0 Å². The average molecular weight is 250 g/mol. The van der Waals surface area contributed by atoms with Crippen molar-refractivity contribution >= 4 is 0 Å². The zero-order chi connectivity index (χ0) is 13.2. The van der Waals surface area contributed by atoms with E-state index in [9.17, 15) is 0 Å². The van der Waals surface area contributed by atoms with Crippen molar-refractivity contribution in [3.8, 4) is 0 Å². The molecule has 1 unspecified atom stereocenters. The molecule has 1 saturated heterocycles. The molecule has 3 aliphatic rings. The predicted molar refractivity (Wildman–Crippen MR) is 75.5 cm³/mol. The lowest BCUT2D eigenvalue weighted by atomic mass is 9.45. The SMILES string of the molecule is C[C@H]1CC2[C@]3(C)CCCC(C)(C)[C@@H]3CC[C@]2(C)O1.